The zero-order valence-electron chi connectivity index (χ0n) is 17.2. The lowest BCUT2D eigenvalue weighted by atomic mass is 10.1. The van der Waals surface area contributed by atoms with Gasteiger partial charge in [-0.25, -0.2) is 18.4 Å². The van der Waals surface area contributed by atoms with E-state index >= 15 is 0 Å². The molecule has 0 spiro atoms. The fourth-order valence-electron chi connectivity index (χ4n) is 3.82. The van der Waals surface area contributed by atoms with E-state index in [1.54, 1.807) is 24.3 Å². The lowest BCUT2D eigenvalue weighted by Gasteiger charge is -2.30. The predicted molar refractivity (Wildman–Crippen MR) is 117 cm³/mol. The molecule has 0 N–H and O–H groups in total. The molecule has 154 valence electrons. The van der Waals surface area contributed by atoms with Crippen LogP contribution in [0.3, 0.4) is 0 Å². The van der Waals surface area contributed by atoms with Gasteiger partial charge in [-0.05, 0) is 68.5 Å². The number of rotatable bonds is 4. The molecule has 3 aromatic rings. The Balaban J connectivity index is 1.90. The van der Waals surface area contributed by atoms with E-state index in [1.807, 2.05) is 38.1 Å². The van der Waals surface area contributed by atoms with Crippen LogP contribution in [0.25, 0.3) is 11.0 Å². The van der Waals surface area contributed by atoms with E-state index in [2.05, 4.69) is 9.88 Å². The van der Waals surface area contributed by atoms with Crippen LogP contribution in [0.2, 0.25) is 0 Å². The van der Waals surface area contributed by atoms with Crippen LogP contribution in [0.15, 0.2) is 47.4 Å². The number of nitrogens with zero attached hydrogens (tertiary/aromatic N) is 4. The maximum Gasteiger partial charge on any atom is 0.200 e. The summed E-state index contributed by atoms with van der Waals surface area (Å²) in [6.07, 6.45) is 3.15. The second kappa shape index (κ2) is 8.04. The smallest absolute Gasteiger partial charge is 0.200 e. The summed E-state index contributed by atoms with van der Waals surface area (Å²) in [6.45, 7) is 5.35. The van der Waals surface area contributed by atoms with Gasteiger partial charge < -0.3 is 4.90 Å². The standard InChI is InChI=1S/C23H24N4O2S/c1-16-10-11-18(14-17(16)2)30(28,29)21(15-24)22-23(27-12-6-3-7-13-27)26-20-9-5-4-8-19(20)25-22/h4-5,8-11,14,21H,3,6-7,12-13H2,1-2H3. The van der Waals surface area contributed by atoms with Crippen molar-refractivity contribution >= 4 is 26.7 Å². The van der Waals surface area contributed by atoms with Crippen molar-refractivity contribution < 1.29 is 8.42 Å². The summed E-state index contributed by atoms with van der Waals surface area (Å²) in [6, 6.07) is 14.4. The second-order valence-corrected chi connectivity index (χ2v) is 9.80. The molecule has 0 amide bonds. The van der Waals surface area contributed by atoms with Crippen molar-refractivity contribution in [1.82, 2.24) is 9.97 Å². The van der Waals surface area contributed by atoms with Crippen LogP contribution in [-0.2, 0) is 9.84 Å². The number of piperidine rings is 1. The number of aromatic nitrogens is 2. The first kappa shape index (κ1) is 20.3. The minimum Gasteiger partial charge on any atom is -0.355 e. The molecule has 2 aromatic carbocycles. The number of sulfone groups is 1. The Labute approximate surface area is 177 Å². The van der Waals surface area contributed by atoms with Crippen molar-refractivity contribution in [2.75, 3.05) is 18.0 Å². The Morgan fingerprint density at radius 2 is 1.63 bits per heavy atom. The van der Waals surface area contributed by atoms with Crippen LogP contribution in [0, 0.1) is 25.2 Å². The van der Waals surface area contributed by atoms with Gasteiger partial charge in [0.05, 0.1) is 22.0 Å². The van der Waals surface area contributed by atoms with E-state index in [9.17, 15) is 13.7 Å². The molecule has 0 saturated carbocycles. The maximum atomic E-state index is 13.5. The summed E-state index contributed by atoms with van der Waals surface area (Å²) in [7, 11) is -3.96. The molecule has 0 bridgehead atoms. The number of aryl methyl sites for hydroxylation is 2. The molecule has 0 aliphatic carbocycles. The monoisotopic (exact) mass is 420 g/mol. The van der Waals surface area contributed by atoms with Gasteiger partial charge in [-0.3, -0.25) is 0 Å². The third-order valence-corrected chi connectivity index (χ3v) is 7.58. The second-order valence-electron chi connectivity index (χ2n) is 7.77. The van der Waals surface area contributed by atoms with E-state index in [4.69, 9.17) is 4.98 Å². The van der Waals surface area contributed by atoms with Crippen molar-refractivity contribution in [2.45, 2.75) is 43.3 Å². The molecular weight excluding hydrogens is 396 g/mol. The molecule has 0 radical (unpaired) electrons. The zero-order chi connectivity index (χ0) is 21.3. The summed E-state index contributed by atoms with van der Waals surface area (Å²) >= 11 is 0. The van der Waals surface area contributed by atoms with Gasteiger partial charge >= 0.3 is 0 Å². The molecule has 7 heteroatoms. The molecular formula is C23H24N4O2S. The fourth-order valence-corrected chi connectivity index (χ4v) is 5.28. The van der Waals surface area contributed by atoms with Crippen molar-refractivity contribution in [3.8, 4) is 6.07 Å². The van der Waals surface area contributed by atoms with Crippen LogP contribution in [0.4, 0.5) is 5.82 Å². The Morgan fingerprint density at radius 1 is 0.967 bits per heavy atom. The SMILES string of the molecule is Cc1ccc(S(=O)(=O)C(C#N)c2nc3ccccc3nc2N2CCCCC2)cc1C. The van der Waals surface area contributed by atoms with E-state index < -0.39 is 15.1 Å². The summed E-state index contributed by atoms with van der Waals surface area (Å²) < 4.78 is 27.0. The zero-order valence-corrected chi connectivity index (χ0v) is 18.0. The average Bonchev–Trinajstić information content (AvgIpc) is 2.76. The molecule has 2 heterocycles. The Bertz CT molecular complexity index is 1240. The molecule has 1 unspecified atom stereocenters. The van der Waals surface area contributed by atoms with E-state index in [1.165, 1.54) is 0 Å². The quantitative estimate of drug-likeness (QED) is 0.626. The van der Waals surface area contributed by atoms with Gasteiger partial charge in [0.2, 0.25) is 9.84 Å². The normalized spacial score (nSPS) is 15.7. The molecule has 1 aliphatic heterocycles. The molecule has 1 aliphatic rings. The molecule has 1 fully saturated rings. The lowest BCUT2D eigenvalue weighted by molar-refractivity contribution is 0.569. The Morgan fingerprint density at radius 3 is 2.27 bits per heavy atom. The highest BCUT2D eigenvalue weighted by Crippen LogP contribution is 2.35. The highest BCUT2D eigenvalue weighted by Gasteiger charge is 2.35. The van der Waals surface area contributed by atoms with E-state index in [0.717, 1.165) is 43.5 Å². The van der Waals surface area contributed by atoms with Crippen LogP contribution in [-0.4, -0.2) is 31.5 Å². The van der Waals surface area contributed by atoms with Gasteiger partial charge in [-0.1, -0.05) is 18.2 Å². The maximum absolute atomic E-state index is 13.5. The Kier molecular flexibility index (Phi) is 5.44. The summed E-state index contributed by atoms with van der Waals surface area (Å²) in [4.78, 5) is 11.6. The summed E-state index contributed by atoms with van der Waals surface area (Å²) in [5.74, 6) is 0.507. The minimum absolute atomic E-state index is 0.136. The first-order valence-corrected chi connectivity index (χ1v) is 11.7. The first-order valence-electron chi connectivity index (χ1n) is 10.1. The lowest BCUT2D eigenvalue weighted by Crippen LogP contribution is -2.32. The van der Waals surface area contributed by atoms with E-state index in [-0.39, 0.29) is 10.6 Å². The molecule has 30 heavy (non-hydrogen) atoms. The number of nitriles is 1. The number of hydrogen-bond donors (Lipinski definition) is 0. The van der Waals surface area contributed by atoms with Crippen LogP contribution in [0.1, 0.15) is 41.3 Å². The highest BCUT2D eigenvalue weighted by atomic mass is 32.2. The number of fused-ring (bicyclic) bond motifs is 1. The summed E-state index contributed by atoms with van der Waals surface area (Å²) in [5, 5.41) is 8.56. The van der Waals surface area contributed by atoms with Gasteiger partial charge in [0.15, 0.2) is 11.1 Å². The van der Waals surface area contributed by atoms with Crippen LogP contribution in [0.5, 0.6) is 0 Å². The molecule has 4 rings (SSSR count). The minimum atomic E-state index is -3.96. The Hall–Kier alpha value is -2.98. The van der Waals surface area contributed by atoms with Gasteiger partial charge in [-0.2, -0.15) is 5.26 Å². The topological polar surface area (TPSA) is 86.9 Å². The summed E-state index contributed by atoms with van der Waals surface area (Å²) in [5.41, 5.74) is 3.37. The van der Waals surface area contributed by atoms with Gasteiger partial charge in [-0.15, -0.1) is 0 Å². The van der Waals surface area contributed by atoms with Gasteiger partial charge in [0, 0.05) is 13.1 Å². The fraction of sp³-hybridized carbons (Fsp3) is 0.348. The average molecular weight is 421 g/mol. The molecule has 1 atom stereocenters. The number of para-hydroxylation sites is 2. The number of hydrogen-bond acceptors (Lipinski definition) is 6. The van der Waals surface area contributed by atoms with Crippen LogP contribution >= 0.6 is 0 Å². The molecule has 6 nitrogen and oxygen atoms in total. The number of benzene rings is 2. The third kappa shape index (κ3) is 3.63. The van der Waals surface area contributed by atoms with Gasteiger partial charge in [0.1, 0.15) is 5.69 Å². The van der Waals surface area contributed by atoms with Gasteiger partial charge in [0.25, 0.3) is 0 Å². The largest absolute Gasteiger partial charge is 0.355 e. The molecule has 1 aromatic heterocycles. The van der Waals surface area contributed by atoms with Crippen molar-refractivity contribution in [3.63, 3.8) is 0 Å². The predicted octanol–water partition coefficient (Wildman–Crippen LogP) is 4.28. The number of anilines is 1. The highest BCUT2D eigenvalue weighted by molar-refractivity contribution is 7.92. The van der Waals surface area contributed by atoms with Crippen molar-refractivity contribution in [3.05, 3.63) is 59.3 Å². The first-order chi connectivity index (χ1) is 14.4. The van der Waals surface area contributed by atoms with Crippen molar-refractivity contribution in [2.24, 2.45) is 0 Å². The van der Waals surface area contributed by atoms with Crippen LogP contribution < -0.4 is 4.90 Å². The van der Waals surface area contributed by atoms with E-state index in [0.29, 0.717) is 16.9 Å². The molecule has 1 saturated heterocycles. The third-order valence-electron chi connectivity index (χ3n) is 5.72. The van der Waals surface area contributed by atoms with Crippen molar-refractivity contribution in [1.29, 1.82) is 5.26 Å².